The number of rotatable bonds is 5. The maximum Gasteiger partial charge on any atom is 0.134 e. The molecule has 1 aromatic heterocycles. The molecule has 0 aliphatic carbocycles. The number of furan rings is 1. The third-order valence-corrected chi connectivity index (χ3v) is 2.80. The molecule has 0 amide bonds. The van der Waals surface area contributed by atoms with Crippen molar-refractivity contribution in [1.29, 1.82) is 0 Å². The van der Waals surface area contributed by atoms with Gasteiger partial charge in [-0.1, -0.05) is 31.2 Å². The zero-order valence-electron chi connectivity index (χ0n) is 10.5. The molecule has 1 heterocycles. The normalized spacial score (nSPS) is 10.7. The van der Waals surface area contributed by atoms with E-state index in [4.69, 9.17) is 4.42 Å². The summed E-state index contributed by atoms with van der Waals surface area (Å²) in [4.78, 5) is 0. The second-order valence-corrected chi connectivity index (χ2v) is 4.26. The fourth-order valence-corrected chi connectivity index (χ4v) is 1.86. The zero-order chi connectivity index (χ0) is 12.1. The Bertz CT molecular complexity index is 473. The Labute approximate surface area is 103 Å². The highest BCUT2D eigenvalue weighted by atomic mass is 16.3. The van der Waals surface area contributed by atoms with E-state index in [9.17, 15) is 0 Å². The first-order valence-corrected chi connectivity index (χ1v) is 6.16. The lowest BCUT2D eigenvalue weighted by atomic mass is 10.1. The minimum absolute atomic E-state index is 0.805. The molecule has 0 aliphatic heterocycles. The van der Waals surface area contributed by atoms with Crippen LogP contribution < -0.4 is 5.32 Å². The zero-order valence-corrected chi connectivity index (χ0v) is 10.5. The van der Waals surface area contributed by atoms with E-state index < -0.39 is 0 Å². The average molecular weight is 229 g/mol. The maximum atomic E-state index is 5.83. The maximum absolute atomic E-state index is 5.83. The van der Waals surface area contributed by atoms with Gasteiger partial charge in [0, 0.05) is 5.56 Å². The molecule has 2 heteroatoms. The van der Waals surface area contributed by atoms with Gasteiger partial charge in [0.05, 0.1) is 6.54 Å². The van der Waals surface area contributed by atoms with Crippen LogP contribution in [0, 0.1) is 6.92 Å². The van der Waals surface area contributed by atoms with E-state index in [1.165, 1.54) is 11.1 Å². The molecule has 2 rings (SSSR count). The van der Waals surface area contributed by atoms with Crippen molar-refractivity contribution in [3.8, 4) is 11.3 Å². The second-order valence-electron chi connectivity index (χ2n) is 4.26. The molecule has 90 valence electrons. The molecule has 0 bridgehead atoms. The molecule has 17 heavy (non-hydrogen) atoms. The summed E-state index contributed by atoms with van der Waals surface area (Å²) in [5.74, 6) is 1.95. The van der Waals surface area contributed by atoms with Crippen LogP contribution in [-0.4, -0.2) is 6.54 Å². The molecular weight excluding hydrogens is 210 g/mol. The van der Waals surface area contributed by atoms with Gasteiger partial charge in [0.25, 0.3) is 0 Å². The SMILES string of the molecule is CCCNCc1ccc(-c2ccccc2C)o1. The van der Waals surface area contributed by atoms with E-state index in [1.807, 2.05) is 24.3 Å². The molecule has 2 nitrogen and oxygen atoms in total. The summed E-state index contributed by atoms with van der Waals surface area (Å²) in [7, 11) is 0. The van der Waals surface area contributed by atoms with Crippen LogP contribution in [0.15, 0.2) is 40.8 Å². The van der Waals surface area contributed by atoms with Gasteiger partial charge in [-0.05, 0) is 37.6 Å². The quantitative estimate of drug-likeness (QED) is 0.790. The van der Waals surface area contributed by atoms with Crippen molar-refractivity contribution in [1.82, 2.24) is 5.32 Å². The van der Waals surface area contributed by atoms with Crippen LogP contribution in [-0.2, 0) is 6.54 Å². The van der Waals surface area contributed by atoms with Crippen molar-refractivity contribution >= 4 is 0 Å². The first-order valence-electron chi connectivity index (χ1n) is 6.16. The molecule has 0 atom stereocenters. The summed E-state index contributed by atoms with van der Waals surface area (Å²) in [6, 6.07) is 12.4. The summed E-state index contributed by atoms with van der Waals surface area (Å²) in [6.45, 7) is 6.10. The van der Waals surface area contributed by atoms with Gasteiger partial charge in [-0.3, -0.25) is 0 Å². The highest BCUT2D eigenvalue weighted by Crippen LogP contribution is 2.25. The van der Waals surface area contributed by atoms with Gasteiger partial charge >= 0.3 is 0 Å². The third kappa shape index (κ3) is 2.98. The molecule has 0 radical (unpaired) electrons. The second kappa shape index (κ2) is 5.69. The number of benzene rings is 1. The van der Waals surface area contributed by atoms with Crippen molar-refractivity contribution in [3.05, 3.63) is 47.7 Å². The summed E-state index contributed by atoms with van der Waals surface area (Å²) < 4.78 is 5.83. The van der Waals surface area contributed by atoms with Crippen LogP contribution in [0.5, 0.6) is 0 Å². The summed E-state index contributed by atoms with van der Waals surface area (Å²) in [6.07, 6.45) is 1.14. The van der Waals surface area contributed by atoms with Crippen LogP contribution in [0.3, 0.4) is 0 Å². The molecule has 0 spiro atoms. The minimum atomic E-state index is 0.805. The Morgan fingerprint density at radius 3 is 2.71 bits per heavy atom. The molecular formula is C15H19NO. The van der Waals surface area contributed by atoms with Crippen molar-refractivity contribution in [2.45, 2.75) is 26.8 Å². The van der Waals surface area contributed by atoms with E-state index in [2.05, 4.69) is 31.3 Å². The van der Waals surface area contributed by atoms with Gasteiger partial charge in [0.2, 0.25) is 0 Å². The highest BCUT2D eigenvalue weighted by molar-refractivity contribution is 5.61. The fourth-order valence-electron chi connectivity index (χ4n) is 1.86. The van der Waals surface area contributed by atoms with Gasteiger partial charge in [0.1, 0.15) is 11.5 Å². The van der Waals surface area contributed by atoms with Crippen molar-refractivity contribution in [2.75, 3.05) is 6.54 Å². The number of hydrogen-bond donors (Lipinski definition) is 1. The average Bonchev–Trinajstić information content (AvgIpc) is 2.79. The number of hydrogen-bond acceptors (Lipinski definition) is 2. The van der Waals surface area contributed by atoms with Gasteiger partial charge in [0.15, 0.2) is 0 Å². The van der Waals surface area contributed by atoms with Gasteiger partial charge in [-0.15, -0.1) is 0 Å². The van der Waals surface area contributed by atoms with Crippen LogP contribution in [0.2, 0.25) is 0 Å². The van der Waals surface area contributed by atoms with Crippen LogP contribution >= 0.6 is 0 Å². The topological polar surface area (TPSA) is 25.2 Å². The molecule has 1 aromatic carbocycles. The number of aryl methyl sites for hydroxylation is 1. The Morgan fingerprint density at radius 2 is 1.94 bits per heavy atom. The molecule has 0 aliphatic rings. The third-order valence-electron chi connectivity index (χ3n) is 2.80. The van der Waals surface area contributed by atoms with Crippen LogP contribution in [0.4, 0.5) is 0 Å². The predicted octanol–water partition coefficient (Wildman–Crippen LogP) is 3.75. The van der Waals surface area contributed by atoms with E-state index in [-0.39, 0.29) is 0 Å². The lowest BCUT2D eigenvalue weighted by Crippen LogP contribution is -2.12. The van der Waals surface area contributed by atoms with Crippen LogP contribution in [0.1, 0.15) is 24.7 Å². The summed E-state index contributed by atoms with van der Waals surface area (Å²) in [5.41, 5.74) is 2.42. The fraction of sp³-hybridized carbons (Fsp3) is 0.333. The Hall–Kier alpha value is -1.54. The summed E-state index contributed by atoms with van der Waals surface area (Å²) >= 11 is 0. The molecule has 0 fully saturated rings. The lowest BCUT2D eigenvalue weighted by Gasteiger charge is -2.02. The predicted molar refractivity (Wildman–Crippen MR) is 70.9 cm³/mol. The van der Waals surface area contributed by atoms with E-state index >= 15 is 0 Å². The van der Waals surface area contributed by atoms with Gasteiger partial charge < -0.3 is 9.73 Å². The Kier molecular flexibility index (Phi) is 3.99. The van der Waals surface area contributed by atoms with Gasteiger partial charge in [-0.2, -0.15) is 0 Å². The van der Waals surface area contributed by atoms with E-state index in [0.29, 0.717) is 0 Å². The first kappa shape index (κ1) is 11.9. The smallest absolute Gasteiger partial charge is 0.134 e. The monoisotopic (exact) mass is 229 g/mol. The molecule has 0 saturated heterocycles. The minimum Gasteiger partial charge on any atom is -0.460 e. The Morgan fingerprint density at radius 1 is 1.12 bits per heavy atom. The standard InChI is InChI=1S/C15H19NO/c1-3-10-16-11-13-8-9-15(17-13)14-7-5-4-6-12(14)2/h4-9,16H,3,10-11H2,1-2H3. The molecule has 0 unspecified atom stereocenters. The van der Waals surface area contributed by atoms with Crippen molar-refractivity contribution < 1.29 is 4.42 Å². The Balaban J connectivity index is 2.10. The van der Waals surface area contributed by atoms with Gasteiger partial charge in [-0.25, -0.2) is 0 Å². The number of nitrogens with one attached hydrogen (secondary N) is 1. The van der Waals surface area contributed by atoms with E-state index in [1.54, 1.807) is 0 Å². The van der Waals surface area contributed by atoms with Crippen molar-refractivity contribution in [2.24, 2.45) is 0 Å². The lowest BCUT2D eigenvalue weighted by molar-refractivity contribution is 0.493. The van der Waals surface area contributed by atoms with E-state index in [0.717, 1.165) is 31.0 Å². The largest absolute Gasteiger partial charge is 0.460 e. The van der Waals surface area contributed by atoms with Crippen LogP contribution in [0.25, 0.3) is 11.3 Å². The molecule has 1 N–H and O–H groups in total. The molecule has 0 saturated carbocycles. The highest BCUT2D eigenvalue weighted by Gasteiger charge is 2.06. The molecule has 2 aromatic rings. The van der Waals surface area contributed by atoms with Crippen molar-refractivity contribution in [3.63, 3.8) is 0 Å². The summed E-state index contributed by atoms with van der Waals surface area (Å²) in [5, 5.41) is 3.34. The first-order chi connectivity index (χ1) is 8.31.